The van der Waals surface area contributed by atoms with Crippen molar-refractivity contribution in [3.05, 3.63) is 77.1 Å². The Morgan fingerprint density at radius 1 is 1.14 bits per heavy atom. The van der Waals surface area contributed by atoms with Crippen LogP contribution in [0.1, 0.15) is 88.1 Å². The third-order valence-corrected chi connectivity index (χ3v) is 8.88. The molecule has 5 rings (SSSR count). The Bertz CT molecular complexity index is 1220. The van der Waals surface area contributed by atoms with Gasteiger partial charge in [0.05, 0.1) is 30.6 Å². The van der Waals surface area contributed by atoms with E-state index < -0.39 is 0 Å². The van der Waals surface area contributed by atoms with Crippen LogP contribution in [0.15, 0.2) is 54.7 Å². The molecular formula is C31H39N3O2. The quantitative estimate of drug-likeness (QED) is 0.355. The van der Waals surface area contributed by atoms with Gasteiger partial charge in [-0.2, -0.15) is 0 Å². The third-order valence-electron chi connectivity index (χ3n) is 8.88. The van der Waals surface area contributed by atoms with Crippen molar-refractivity contribution in [2.75, 3.05) is 6.61 Å². The van der Waals surface area contributed by atoms with Crippen LogP contribution in [0.2, 0.25) is 0 Å². The molecule has 1 saturated carbocycles. The molecule has 0 N–H and O–H groups in total. The van der Waals surface area contributed by atoms with E-state index >= 15 is 0 Å². The van der Waals surface area contributed by atoms with Crippen molar-refractivity contribution in [3.8, 4) is 5.69 Å². The van der Waals surface area contributed by atoms with Gasteiger partial charge < -0.3 is 4.74 Å². The van der Waals surface area contributed by atoms with E-state index in [4.69, 9.17) is 4.74 Å². The van der Waals surface area contributed by atoms with Gasteiger partial charge in [-0.3, -0.25) is 4.79 Å². The van der Waals surface area contributed by atoms with Gasteiger partial charge in [-0.05, 0) is 71.8 Å². The van der Waals surface area contributed by atoms with E-state index in [9.17, 15) is 4.79 Å². The minimum absolute atomic E-state index is 0.00745. The fraction of sp³-hybridized carbons (Fsp3) is 0.516. The molecule has 5 nitrogen and oxygen atoms in total. The SMILES string of the molecule is CC(C)c1ccc2c(c1)CC[C@H]1[C@](C)(COC(=O)CCc3cn(-c4ccccc4)nn3)CCC[C@]21C. The number of aryl methyl sites for hydroxylation is 2. The van der Waals surface area contributed by atoms with Crippen LogP contribution in [-0.4, -0.2) is 27.6 Å². The maximum Gasteiger partial charge on any atom is 0.306 e. The average Bonchev–Trinajstić information content (AvgIpc) is 3.35. The first-order valence-electron chi connectivity index (χ1n) is 13.5. The van der Waals surface area contributed by atoms with Gasteiger partial charge in [-0.25, -0.2) is 4.68 Å². The largest absolute Gasteiger partial charge is 0.465 e. The second-order valence-corrected chi connectivity index (χ2v) is 11.7. The number of benzene rings is 2. The molecule has 0 radical (unpaired) electrons. The summed E-state index contributed by atoms with van der Waals surface area (Å²) in [5.74, 6) is 0.935. The fourth-order valence-corrected chi connectivity index (χ4v) is 6.84. The lowest BCUT2D eigenvalue weighted by atomic mass is 9.50. The topological polar surface area (TPSA) is 57.0 Å². The number of para-hydroxylation sites is 1. The standard InChI is InChI=1S/C31H39N3O2/c1-22(2)23-11-14-27-24(19-23)12-15-28-30(3,17-8-18-31(27,28)4)21-36-29(35)16-13-25-20-34(33-32-25)26-9-6-5-7-10-26/h5-7,9-11,14,19-20,22,28H,8,12-13,15-18,21H2,1-4H3/t28-,30-,31+/m0/s1. The van der Waals surface area contributed by atoms with E-state index in [1.807, 2.05) is 36.5 Å². The van der Waals surface area contributed by atoms with Crippen molar-refractivity contribution in [3.63, 3.8) is 0 Å². The summed E-state index contributed by atoms with van der Waals surface area (Å²) in [4.78, 5) is 12.7. The smallest absolute Gasteiger partial charge is 0.306 e. The van der Waals surface area contributed by atoms with E-state index in [0.29, 0.717) is 31.3 Å². The second kappa shape index (κ2) is 9.84. The van der Waals surface area contributed by atoms with E-state index in [1.165, 1.54) is 36.0 Å². The molecule has 190 valence electrons. The van der Waals surface area contributed by atoms with Crippen LogP contribution in [0.25, 0.3) is 5.69 Å². The predicted molar refractivity (Wildman–Crippen MR) is 142 cm³/mol. The highest BCUT2D eigenvalue weighted by Gasteiger charge is 2.52. The molecule has 2 aliphatic rings. The number of nitrogens with zero attached hydrogens (tertiary/aromatic N) is 3. The second-order valence-electron chi connectivity index (χ2n) is 11.7. The Labute approximate surface area is 215 Å². The van der Waals surface area contributed by atoms with Crippen molar-refractivity contribution in [1.29, 1.82) is 0 Å². The van der Waals surface area contributed by atoms with Crippen molar-refractivity contribution in [2.24, 2.45) is 11.3 Å². The molecule has 5 heteroatoms. The predicted octanol–water partition coefficient (Wildman–Crippen LogP) is 6.58. The van der Waals surface area contributed by atoms with Crippen LogP contribution in [0.3, 0.4) is 0 Å². The molecule has 0 amide bonds. The van der Waals surface area contributed by atoms with Crippen molar-refractivity contribution < 1.29 is 9.53 Å². The maximum atomic E-state index is 12.7. The number of ether oxygens (including phenoxy) is 1. The number of aromatic nitrogens is 3. The zero-order valence-electron chi connectivity index (χ0n) is 22.2. The molecule has 0 spiro atoms. The first-order valence-corrected chi connectivity index (χ1v) is 13.5. The van der Waals surface area contributed by atoms with Crippen LogP contribution < -0.4 is 0 Å². The molecular weight excluding hydrogens is 446 g/mol. The van der Waals surface area contributed by atoms with Crippen molar-refractivity contribution in [2.45, 2.75) is 84.0 Å². The number of fused-ring (bicyclic) bond motifs is 3. The molecule has 2 aliphatic carbocycles. The first kappa shape index (κ1) is 24.7. The summed E-state index contributed by atoms with van der Waals surface area (Å²) in [5, 5.41) is 8.43. The monoisotopic (exact) mass is 485 g/mol. The van der Waals surface area contributed by atoms with Gasteiger partial charge in [0.15, 0.2) is 0 Å². The number of rotatable bonds is 7. The summed E-state index contributed by atoms with van der Waals surface area (Å²) >= 11 is 0. The molecule has 1 aromatic heterocycles. The van der Waals surface area contributed by atoms with E-state index in [2.05, 4.69) is 56.2 Å². The molecule has 3 atom stereocenters. The van der Waals surface area contributed by atoms with Crippen LogP contribution in [-0.2, 0) is 27.8 Å². The Morgan fingerprint density at radius 3 is 2.72 bits per heavy atom. The number of hydrogen-bond acceptors (Lipinski definition) is 4. The maximum absolute atomic E-state index is 12.7. The fourth-order valence-electron chi connectivity index (χ4n) is 6.84. The Kier molecular flexibility index (Phi) is 6.76. The highest BCUT2D eigenvalue weighted by molar-refractivity contribution is 5.69. The summed E-state index contributed by atoms with van der Waals surface area (Å²) in [6.07, 6.45) is 8.55. The van der Waals surface area contributed by atoms with E-state index in [0.717, 1.165) is 24.2 Å². The van der Waals surface area contributed by atoms with Gasteiger partial charge in [0.1, 0.15) is 0 Å². The molecule has 1 heterocycles. The lowest BCUT2D eigenvalue weighted by Gasteiger charge is -2.55. The Morgan fingerprint density at radius 2 is 1.94 bits per heavy atom. The molecule has 0 bridgehead atoms. The van der Waals surface area contributed by atoms with Crippen molar-refractivity contribution in [1.82, 2.24) is 15.0 Å². The van der Waals surface area contributed by atoms with Crippen LogP contribution in [0.5, 0.6) is 0 Å². The summed E-state index contributed by atoms with van der Waals surface area (Å²) in [7, 11) is 0. The van der Waals surface area contributed by atoms with Crippen molar-refractivity contribution >= 4 is 5.97 Å². The molecule has 2 aromatic carbocycles. The Balaban J connectivity index is 1.21. The first-order chi connectivity index (χ1) is 17.3. The van der Waals surface area contributed by atoms with Crippen LogP contribution in [0.4, 0.5) is 0 Å². The van der Waals surface area contributed by atoms with Gasteiger partial charge in [-0.15, -0.1) is 5.10 Å². The molecule has 3 aromatic rings. The van der Waals surface area contributed by atoms with Crippen LogP contribution in [0, 0.1) is 11.3 Å². The molecule has 0 aliphatic heterocycles. The third kappa shape index (κ3) is 4.72. The van der Waals surface area contributed by atoms with Gasteiger partial charge >= 0.3 is 5.97 Å². The number of esters is 1. The number of hydrogen-bond donors (Lipinski definition) is 0. The average molecular weight is 486 g/mol. The molecule has 1 fully saturated rings. The lowest BCUT2D eigenvalue weighted by molar-refractivity contribution is -0.151. The number of carbonyl (C=O) groups is 1. The summed E-state index contributed by atoms with van der Waals surface area (Å²) < 4.78 is 7.68. The van der Waals surface area contributed by atoms with Gasteiger partial charge in [0.2, 0.25) is 0 Å². The van der Waals surface area contributed by atoms with Crippen LogP contribution >= 0.6 is 0 Å². The van der Waals surface area contributed by atoms with Gasteiger partial charge in [-0.1, -0.05) is 75.7 Å². The summed E-state index contributed by atoms with van der Waals surface area (Å²) in [5.41, 5.74) is 6.42. The summed E-state index contributed by atoms with van der Waals surface area (Å²) in [6, 6.07) is 17.1. The minimum atomic E-state index is -0.143. The Hall–Kier alpha value is -2.95. The normalized spacial score (nSPS) is 25.3. The van der Waals surface area contributed by atoms with E-state index in [1.54, 1.807) is 4.68 Å². The minimum Gasteiger partial charge on any atom is -0.465 e. The molecule has 36 heavy (non-hydrogen) atoms. The zero-order valence-corrected chi connectivity index (χ0v) is 22.2. The van der Waals surface area contributed by atoms with Gasteiger partial charge in [0, 0.05) is 11.8 Å². The summed E-state index contributed by atoms with van der Waals surface area (Å²) in [6.45, 7) is 9.85. The van der Waals surface area contributed by atoms with Gasteiger partial charge in [0.25, 0.3) is 0 Å². The highest BCUT2D eigenvalue weighted by Crippen LogP contribution is 2.57. The molecule has 0 unspecified atom stereocenters. The number of carbonyl (C=O) groups excluding carboxylic acids is 1. The highest BCUT2D eigenvalue weighted by atomic mass is 16.5. The molecule has 0 saturated heterocycles. The zero-order chi connectivity index (χ0) is 25.3. The lowest BCUT2D eigenvalue weighted by Crippen LogP contribution is -2.51. The van der Waals surface area contributed by atoms with E-state index in [-0.39, 0.29) is 16.8 Å².